The summed E-state index contributed by atoms with van der Waals surface area (Å²) in [6, 6.07) is 21.5. The molecule has 0 saturated heterocycles. The SMILES string of the molecule is O=C1/C(=C/c2ccc(OCc3ccc([N+](=O)[O-])cc3)cc2)Cc2ccccc21. The molecule has 3 aromatic carbocycles. The van der Waals surface area contributed by atoms with E-state index in [0.29, 0.717) is 18.8 Å². The van der Waals surface area contributed by atoms with Crippen LogP contribution in [0, 0.1) is 10.1 Å². The maximum Gasteiger partial charge on any atom is 0.269 e. The molecule has 1 aliphatic rings. The number of Topliss-reactive ketones (excluding diaryl/α,β-unsaturated/α-hetero) is 1. The van der Waals surface area contributed by atoms with Gasteiger partial charge in [0.2, 0.25) is 0 Å². The van der Waals surface area contributed by atoms with E-state index in [1.54, 1.807) is 12.1 Å². The average molecular weight is 371 g/mol. The molecule has 138 valence electrons. The van der Waals surface area contributed by atoms with Crippen molar-refractivity contribution in [3.05, 3.63) is 111 Å². The summed E-state index contributed by atoms with van der Waals surface area (Å²) >= 11 is 0. The first-order valence-electron chi connectivity index (χ1n) is 8.89. The van der Waals surface area contributed by atoms with Crippen molar-refractivity contribution in [2.75, 3.05) is 0 Å². The van der Waals surface area contributed by atoms with E-state index in [0.717, 1.165) is 27.8 Å². The fraction of sp³-hybridized carbons (Fsp3) is 0.0870. The van der Waals surface area contributed by atoms with E-state index in [4.69, 9.17) is 4.74 Å². The highest BCUT2D eigenvalue weighted by Gasteiger charge is 2.23. The lowest BCUT2D eigenvalue weighted by atomic mass is 10.1. The summed E-state index contributed by atoms with van der Waals surface area (Å²) in [5.41, 5.74) is 4.51. The summed E-state index contributed by atoms with van der Waals surface area (Å²) in [5.74, 6) is 0.788. The Hall–Kier alpha value is -3.73. The Labute approximate surface area is 162 Å². The van der Waals surface area contributed by atoms with Crippen LogP contribution in [0.25, 0.3) is 6.08 Å². The van der Waals surface area contributed by atoms with Crippen LogP contribution in [0.3, 0.4) is 0 Å². The molecule has 0 spiro atoms. The van der Waals surface area contributed by atoms with Gasteiger partial charge in [-0.1, -0.05) is 36.4 Å². The number of hydrogen-bond donors (Lipinski definition) is 0. The summed E-state index contributed by atoms with van der Waals surface area (Å²) < 4.78 is 5.73. The van der Waals surface area contributed by atoms with Crippen LogP contribution in [0.15, 0.2) is 78.4 Å². The molecule has 0 N–H and O–H groups in total. The molecule has 0 bridgehead atoms. The van der Waals surface area contributed by atoms with Crippen molar-refractivity contribution in [1.82, 2.24) is 0 Å². The Balaban J connectivity index is 1.40. The number of carbonyl (C=O) groups is 1. The number of ether oxygens (including phenoxy) is 1. The minimum atomic E-state index is -0.425. The summed E-state index contributed by atoms with van der Waals surface area (Å²) in [4.78, 5) is 22.7. The van der Waals surface area contributed by atoms with Crippen LogP contribution in [0.4, 0.5) is 5.69 Å². The van der Waals surface area contributed by atoms with Crippen LogP contribution in [0.2, 0.25) is 0 Å². The third-order valence-electron chi connectivity index (χ3n) is 4.71. The minimum Gasteiger partial charge on any atom is -0.489 e. The Morgan fingerprint density at radius 2 is 1.68 bits per heavy atom. The molecule has 0 aromatic heterocycles. The van der Waals surface area contributed by atoms with Gasteiger partial charge in [0.1, 0.15) is 12.4 Å². The molecule has 3 aromatic rings. The Bertz CT molecular complexity index is 1070. The average Bonchev–Trinajstić information content (AvgIpc) is 3.03. The van der Waals surface area contributed by atoms with Crippen molar-refractivity contribution in [2.24, 2.45) is 0 Å². The molecule has 0 saturated carbocycles. The van der Waals surface area contributed by atoms with Gasteiger partial charge in [-0.25, -0.2) is 0 Å². The minimum absolute atomic E-state index is 0.0600. The molecular formula is C23H17NO4. The topological polar surface area (TPSA) is 69.4 Å². The maximum atomic E-state index is 12.5. The molecule has 0 unspecified atom stereocenters. The lowest BCUT2D eigenvalue weighted by Gasteiger charge is -2.06. The zero-order chi connectivity index (χ0) is 19.5. The van der Waals surface area contributed by atoms with Crippen molar-refractivity contribution < 1.29 is 14.5 Å². The van der Waals surface area contributed by atoms with Gasteiger partial charge < -0.3 is 4.74 Å². The van der Waals surface area contributed by atoms with E-state index in [2.05, 4.69) is 0 Å². The van der Waals surface area contributed by atoms with Gasteiger partial charge in [0.05, 0.1) is 4.92 Å². The largest absolute Gasteiger partial charge is 0.489 e. The molecule has 5 heteroatoms. The number of rotatable bonds is 5. The summed E-state index contributed by atoms with van der Waals surface area (Å²) in [6.45, 7) is 0.326. The monoisotopic (exact) mass is 371 g/mol. The summed E-state index contributed by atoms with van der Waals surface area (Å²) in [7, 11) is 0. The van der Waals surface area contributed by atoms with Gasteiger partial charge in [-0.2, -0.15) is 0 Å². The normalized spacial score (nSPS) is 14.1. The number of fused-ring (bicyclic) bond motifs is 1. The second-order valence-electron chi connectivity index (χ2n) is 6.61. The van der Waals surface area contributed by atoms with Crippen LogP contribution in [-0.2, 0) is 13.0 Å². The summed E-state index contributed by atoms with van der Waals surface area (Å²) in [6.07, 6.45) is 2.58. The van der Waals surface area contributed by atoms with Gasteiger partial charge in [0, 0.05) is 29.7 Å². The standard InChI is InChI=1S/C23H17NO4/c25-23-19(14-18-3-1-2-4-22(18)23)13-16-7-11-21(12-8-16)28-15-17-5-9-20(10-6-17)24(26)27/h1-13H,14-15H2/b19-13+. The number of carbonyl (C=O) groups excluding carboxylic acids is 1. The van der Waals surface area contributed by atoms with Gasteiger partial charge in [-0.15, -0.1) is 0 Å². The van der Waals surface area contributed by atoms with Crippen LogP contribution in [0.5, 0.6) is 5.75 Å². The van der Waals surface area contributed by atoms with Crippen molar-refractivity contribution >= 4 is 17.5 Å². The zero-order valence-corrected chi connectivity index (χ0v) is 15.0. The van der Waals surface area contributed by atoms with Gasteiger partial charge in [-0.3, -0.25) is 14.9 Å². The molecule has 28 heavy (non-hydrogen) atoms. The predicted octanol–water partition coefficient (Wildman–Crippen LogP) is 5.00. The number of benzene rings is 3. The second-order valence-corrected chi connectivity index (χ2v) is 6.61. The fourth-order valence-corrected chi connectivity index (χ4v) is 3.21. The number of nitro groups is 1. The first-order valence-corrected chi connectivity index (χ1v) is 8.89. The van der Waals surface area contributed by atoms with Crippen LogP contribution >= 0.6 is 0 Å². The van der Waals surface area contributed by atoms with E-state index < -0.39 is 4.92 Å². The number of nitrogens with zero attached hydrogens (tertiary/aromatic N) is 1. The third kappa shape index (κ3) is 3.69. The van der Waals surface area contributed by atoms with Crippen molar-refractivity contribution in [2.45, 2.75) is 13.0 Å². The number of allylic oxidation sites excluding steroid dienone is 1. The maximum absolute atomic E-state index is 12.5. The van der Waals surface area contributed by atoms with Crippen molar-refractivity contribution in [1.29, 1.82) is 0 Å². The van der Waals surface area contributed by atoms with Gasteiger partial charge in [0.15, 0.2) is 5.78 Å². The van der Waals surface area contributed by atoms with E-state index in [-0.39, 0.29) is 11.5 Å². The Kier molecular flexibility index (Phi) is 4.72. The smallest absolute Gasteiger partial charge is 0.269 e. The Morgan fingerprint density at radius 3 is 2.36 bits per heavy atom. The molecule has 0 atom stereocenters. The molecule has 0 amide bonds. The van der Waals surface area contributed by atoms with E-state index in [9.17, 15) is 14.9 Å². The molecule has 0 aliphatic heterocycles. The fourth-order valence-electron chi connectivity index (χ4n) is 3.21. The molecular weight excluding hydrogens is 354 g/mol. The highest BCUT2D eigenvalue weighted by Crippen LogP contribution is 2.28. The van der Waals surface area contributed by atoms with E-state index in [1.807, 2.05) is 54.6 Å². The van der Waals surface area contributed by atoms with E-state index >= 15 is 0 Å². The second kappa shape index (κ2) is 7.48. The molecule has 4 rings (SSSR count). The van der Waals surface area contributed by atoms with Crippen molar-refractivity contribution in [3.8, 4) is 5.75 Å². The van der Waals surface area contributed by atoms with Crippen LogP contribution < -0.4 is 4.74 Å². The van der Waals surface area contributed by atoms with Gasteiger partial charge >= 0.3 is 0 Å². The lowest BCUT2D eigenvalue weighted by Crippen LogP contribution is -1.96. The highest BCUT2D eigenvalue weighted by atomic mass is 16.6. The lowest BCUT2D eigenvalue weighted by molar-refractivity contribution is -0.384. The first-order chi connectivity index (χ1) is 13.6. The highest BCUT2D eigenvalue weighted by molar-refractivity contribution is 6.15. The van der Waals surface area contributed by atoms with Gasteiger partial charge in [-0.05, 0) is 47.0 Å². The molecule has 0 heterocycles. The summed E-state index contributed by atoms with van der Waals surface area (Å²) in [5, 5.41) is 10.7. The quantitative estimate of drug-likeness (QED) is 0.360. The number of nitro benzene ring substituents is 1. The number of non-ortho nitro benzene ring substituents is 1. The molecule has 0 fully saturated rings. The Morgan fingerprint density at radius 1 is 0.964 bits per heavy atom. The predicted molar refractivity (Wildman–Crippen MR) is 106 cm³/mol. The zero-order valence-electron chi connectivity index (χ0n) is 15.0. The number of ketones is 1. The van der Waals surface area contributed by atoms with Crippen LogP contribution in [0.1, 0.15) is 27.0 Å². The third-order valence-corrected chi connectivity index (χ3v) is 4.71. The first kappa shape index (κ1) is 17.7. The molecule has 0 radical (unpaired) electrons. The number of hydrogen-bond acceptors (Lipinski definition) is 4. The van der Waals surface area contributed by atoms with Gasteiger partial charge in [0.25, 0.3) is 5.69 Å². The van der Waals surface area contributed by atoms with Crippen molar-refractivity contribution in [3.63, 3.8) is 0 Å². The van der Waals surface area contributed by atoms with Crippen LogP contribution in [-0.4, -0.2) is 10.7 Å². The van der Waals surface area contributed by atoms with E-state index in [1.165, 1.54) is 12.1 Å². The molecule has 1 aliphatic carbocycles. The molecule has 5 nitrogen and oxygen atoms in total.